The quantitative estimate of drug-likeness (QED) is 0.864. The smallest absolute Gasteiger partial charge is 0.243 e. The van der Waals surface area contributed by atoms with Crippen molar-refractivity contribution in [1.29, 1.82) is 0 Å². The average molecular weight is 310 g/mol. The van der Waals surface area contributed by atoms with Crippen molar-refractivity contribution in [2.45, 2.75) is 31.3 Å². The lowest BCUT2D eigenvalue weighted by atomic mass is 10.3. The predicted molar refractivity (Wildman–Crippen MR) is 83.0 cm³/mol. The summed E-state index contributed by atoms with van der Waals surface area (Å²) in [6.07, 6.45) is 0. The van der Waals surface area contributed by atoms with Crippen LogP contribution < -0.4 is 5.73 Å². The van der Waals surface area contributed by atoms with Crippen LogP contribution >= 0.6 is 11.3 Å². The molecule has 0 fully saturated rings. The number of thiophene rings is 1. The molecule has 0 bridgehead atoms. The molecule has 0 saturated heterocycles. The topological polar surface area (TPSA) is 63.4 Å². The summed E-state index contributed by atoms with van der Waals surface area (Å²) in [5.74, 6) is 0. The Bertz CT molecular complexity index is 647. The molecule has 1 aromatic heterocycles. The van der Waals surface area contributed by atoms with Gasteiger partial charge in [0.2, 0.25) is 10.0 Å². The maximum atomic E-state index is 12.7. The first-order valence-corrected chi connectivity index (χ1v) is 8.63. The van der Waals surface area contributed by atoms with E-state index in [0.717, 1.165) is 4.88 Å². The Morgan fingerprint density at radius 3 is 2.35 bits per heavy atom. The maximum Gasteiger partial charge on any atom is 0.243 e. The van der Waals surface area contributed by atoms with E-state index in [9.17, 15) is 8.42 Å². The molecular formula is C14H18N2O2S2. The van der Waals surface area contributed by atoms with Crippen molar-refractivity contribution < 1.29 is 8.42 Å². The van der Waals surface area contributed by atoms with Crippen LogP contribution in [0.1, 0.15) is 18.7 Å². The molecule has 0 atom stereocenters. The Kier molecular flexibility index (Phi) is 4.47. The number of hydrogen-bond acceptors (Lipinski definition) is 4. The first-order valence-electron chi connectivity index (χ1n) is 6.31. The molecule has 0 amide bonds. The van der Waals surface area contributed by atoms with E-state index in [2.05, 4.69) is 0 Å². The third-order valence-corrected chi connectivity index (χ3v) is 5.85. The molecule has 0 radical (unpaired) electrons. The molecule has 20 heavy (non-hydrogen) atoms. The molecule has 2 aromatic rings. The largest absolute Gasteiger partial charge is 0.399 e. The highest BCUT2D eigenvalue weighted by Gasteiger charge is 2.27. The number of nitrogens with zero attached hydrogens (tertiary/aromatic N) is 1. The third kappa shape index (κ3) is 3.20. The SMILES string of the molecule is CC(C)N(Cc1cccs1)S(=O)(=O)c1ccc(N)cc1. The molecule has 108 valence electrons. The Morgan fingerprint density at radius 2 is 1.85 bits per heavy atom. The zero-order valence-corrected chi connectivity index (χ0v) is 13.1. The van der Waals surface area contributed by atoms with E-state index in [4.69, 9.17) is 5.73 Å². The zero-order chi connectivity index (χ0) is 14.8. The molecule has 4 nitrogen and oxygen atoms in total. The summed E-state index contributed by atoms with van der Waals surface area (Å²) in [7, 11) is -3.51. The van der Waals surface area contributed by atoms with Crippen LogP contribution in [0.4, 0.5) is 5.69 Å². The van der Waals surface area contributed by atoms with Crippen molar-refractivity contribution in [3.05, 3.63) is 46.7 Å². The fraction of sp³-hybridized carbons (Fsp3) is 0.286. The van der Waals surface area contributed by atoms with Gasteiger partial charge in [-0.15, -0.1) is 11.3 Å². The molecule has 0 saturated carbocycles. The summed E-state index contributed by atoms with van der Waals surface area (Å²) in [5.41, 5.74) is 6.16. The van der Waals surface area contributed by atoms with Crippen LogP contribution in [0.5, 0.6) is 0 Å². The standard InChI is InChI=1S/C14H18N2O2S2/c1-11(2)16(10-13-4-3-9-19-13)20(17,18)14-7-5-12(15)6-8-14/h3-9,11H,10,15H2,1-2H3. The summed E-state index contributed by atoms with van der Waals surface area (Å²) >= 11 is 1.56. The Hall–Kier alpha value is -1.37. The van der Waals surface area contributed by atoms with E-state index in [-0.39, 0.29) is 10.9 Å². The Labute approximate surface area is 123 Å². The van der Waals surface area contributed by atoms with Crippen molar-refractivity contribution in [2.24, 2.45) is 0 Å². The first kappa shape index (κ1) is 15.0. The minimum atomic E-state index is -3.51. The van der Waals surface area contributed by atoms with E-state index >= 15 is 0 Å². The van der Waals surface area contributed by atoms with Crippen molar-refractivity contribution in [3.8, 4) is 0 Å². The van der Waals surface area contributed by atoms with Crippen LogP contribution in [0.15, 0.2) is 46.7 Å². The summed E-state index contributed by atoms with van der Waals surface area (Å²) in [6.45, 7) is 4.15. The van der Waals surface area contributed by atoms with Gasteiger partial charge in [-0.2, -0.15) is 4.31 Å². The van der Waals surface area contributed by atoms with Gasteiger partial charge in [0.05, 0.1) is 4.90 Å². The van der Waals surface area contributed by atoms with Gasteiger partial charge < -0.3 is 5.73 Å². The number of anilines is 1. The number of nitrogen functional groups attached to an aromatic ring is 1. The third-order valence-electron chi connectivity index (χ3n) is 2.95. The van der Waals surface area contributed by atoms with E-state index in [1.807, 2.05) is 31.4 Å². The minimum absolute atomic E-state index is 0.111. The van der Waals surface area contributed by atoms with E-state index < -0.39 is 10.0 Å². The van der Waals surface area contributed by atoms with Crippen LogP contribution in [-0.2, 0) is 16.6 Å². The molecular weight excluding hydrogens is 292 g/mol. The molecule has 0 unspecified atom stereocenters. The Morgan fingerprint density at radius 1 is 1.20 bits per heavy atom. The molecule has 2 N–H and O–H groups in total. The summed E-state index contributed by atoms with van der Waals surface area (Å²) < 4.78 is 26.9. The molecule has 1 aromatic carbocycles. The Balaban J connectivity index is 2.34. The number of rotatable bonds is 5. The van der Waals surface area contributed by atoms with Gasteiger partial charge in [-0.05, 0) is 49.6 Å². The lowest BCUT2D eigenvalue weighted by Gasteiger charge is -2.25. The fourth-order valence-corrected chi connectivity index (χ4v) is 4.28. The van der Waals surface area contributed by atoms with Gasteiger partial charge in [0.25, 0.3) is 0 Å². The number of hydrogen-bond donors (Lipinski definition) is 1. The average Bonchev–Trinajstić information content (AvgIpc) is 2.89. The lowest BCUT2D eigenvalue weighted by Crippen LogP contribution is -2.36. The first-order chi connectivity index (χ1) is 9.41. The molecule has 0 aliphatic heterocycles. The zero-order valence-electron chi connectivity index (χ0n) is 11.5. The van der Waals surface area contributed by atoms with Crippen molar-refractivity contribution in [3.63, 3.8) is 0 Å². The van der Waals surface area contributed by atoms with E-state index in [0.29, 0.717) is 12.2 Å². The number of benzene rings is 1. The van der Waals surface area contributed by atoms with Crippen molar-refractivity contribution in [1.82, 2.24) is 4.31 Å². The molecule has 0 aliphatic rings. The van der Waals surface area contributed by atoms with Gasteiger partial charge in [-0.25, -0.2) is 8.42 Å². The number of sulfonamides is 1. The van der Waals surface area contributed by atoms with Crippen LogP contribution in [0, 0.1) is 0 Å². The highest BCUT2D eigenvalue weighted by molar-refractivity contribution is 7.89. The summed E-state index contributed by atoms with van der Waals surface area (Å²) in [6, 6.07) is 10.1. The van der Waals surface area contributed by atoms with Gasteiger partial charge in [0.15, 0.2) is 0 Å². The second-order valence-corrected chi connectivity index (χ2v) is 7.72. The van der Waals surface area contributed by atoms with Gasteiger partial charge in [-0.3, -0.25) is 0 Å². The van der Waals surface area contributed by atoms with Gasteiger partial charge >= 0.3 is 0 Å². The van der Waals surface area contributed by atoms with Gasteiger partial charge in [0.1, 0.15) is 0 Å². The van der Waals surface area contributed by atoms with Crippen molar-refractivity contribution in [2.75, 3.05) is 5.73 Å². The predicted octanol–water partition coefficient (Wildman–Crippen LogP) is 2.93. The normalized spacial score (nSPS) is 12.2. The monoisotopic (exact) mass is 310 g/mol. The van der Waals surface area contributed by atoms with Crippen LogP contribution in [-0.4, -0.2) is 18.8 Å². The van der Waals surface area contributed by atoms with Crippen LogP contribution in [0.2, 0.25) is 0 Å². The van der Waals surface area contributed by atoms with E-state index in [1.165, 1.54) is 4.31 Å². The molecule has 6 heteroatoms. The molecule has 0 spiro atoms. The maximum absolute atomic E-state index is 12.7. The van der Waals surface area contributed by atoms with Crippen LogP contribution in [0.3, 0.4) is 0 Å². The number of nitrogens with two attached hydrogens (primary N) is 1. The summed E-state index contributed by atoms with van der Waals surface area (Å²) in [4.78, 5) is 1.30. The van der Waals surface area contributed by atoms with E-state index in [1.54, 1.807) is 35.6 Å². The second kappa shape index (κ2) is 5.95. The minimum Gasteiger partial charge on any atom is -0.399 e. The van der Waals surface area contributed by atoms with Crippen LogP contribution in [0.25, 0.3) is 0 Å². The lowest BCUT2D eigenvalue weighted by molar-refractivity contribution is 0.350. The fourth-order valence-electron chi connectivity index (χ4n) is 1.88. The van der Waals surface area contributed by atoms with Crippen molar-refractivity contribution >= 4 is 27.0 Å². The highest BCUT2D eigenvalue weighted by atomic mass is 32.2. The molecule has 1 heterocycles. The summed E-state index contributed by atoms with van der Waals surface area (Å²) in [5, 5.41) is 1.95. The molecule has 2 rings (SSSR count). The highest BCUT2D eigenvalue weighted by Crippen LogP contribution is 2.23. The van der Waals surface area contributed by atoms with Gasteiger partial charge in [0, 0.05) is 23.2 Å². The van der Waals surface area contributed by atoms with Gasteiger partial charge in [-0.1, -0.05) is 6.07 Å². The second-order valence-electron chi connectivity index (χ2n) is 4.79. The molecule has 0 aliphatic carbocycles.